The van der Waals surface area contributed by atoms with Crippen molar-refractivity contribution in [3.05, 3.63) is 71.8 Å². The Balaban J connectivity index is 1.73. The van der Waals surface area contributed by atoms with Crippen LogP contribution in [-0.4, -0.2) is 18.7 Å². The lowest BCUT2D eigenvalue weighted by Gasteiger charge is -2.07. The van der Waals surface area contributed by atoms with Gasteiger partial charge in [-0.1, -0.05) is 54.6 Å². The molecule has 0 unspecified atom stereocenters. The fraction of sp³-hybridized carbons (Fsp3) is 0.111. The first kappa shape index (κ1) is 15.5. The molecule has 0 fully saturated rings. The van der Waals surface area contributed by atoms with Gasteiger partial charge in [0.15, 0.2) is 6.61 Å². The van der Waals surface area contributed by atoms with Gasteiger partial charge in [-0.25, -0.2) is 5.43 Å². The quantitative estimate of drug-likeness (QED) is 0.657. The van der Waals surface area contributed by atoms with Gasteiger partial charge < -0.3 is 4.74 Å². The standard InChI is InChI=1S/C18H18N2O2/c1-15-8-5-6-12-17(15)22-14-18(21)20-19-13-7-11-16-9-3-2-4-10-16/h2-13H,14H2,1H3,(H,20,21)/b11-7+,19-13+. The molecule has 22 heavy (non-hydrogen) atoms. The average Bonchev–Trinajstić information content (AvgIpc) is 2.55. The van der Waals surface area contributed by atoms with Crippen LogP contribution in [0.15, 0.2) is 65.8 Å². The highest BCUT2D eigenvalue weighted by atomic mass is 16.5. The van der Waals surface area contributed by atoms with Crippen LogP contribution in [0.25, 0.3) is 6.08 Å². The molecule has 1 amide bonds. The molecule has 4 nitrogen and oxygen atoms in total. The van der Waals surface area contributed by atoms with Gasteiger partial charge in [-0.15, -0.1) is 0 Å². The molecule has 0 saturated carbocycles. The molecule has 0 heterocycles. The van der Waals surface area contributed by atoms with Gasteiger partial charge in [-0.2, -0.15) is 5.10 Å². The van der Waals surface area contributed by atoms with Gasteiger partial charge in [0.05, 0.1) is 0 Å². The van der Waals surface area contributed by atoms with E-state index in [4.69, 9.17) is 4.74 Å². The molecule has 2 aromatic carbocycles. The molecule has 0 aliphatic heterocycles. The highest BCUT2D eigenvalue weighted by Crippen LogP contribution is 2.15. The lowest BCUT2D eigenvalue weighted by molar-refractivity contribution is -0.123. The lowest BCUT2D eigenvalue weighted by Crippen LogP contribution is -2.24. The van der Waals surface area contributed by atoms with Crippen molar-refractivity contribution in [3.8, 4) is 5.75 Å². The minimum atomic E-state index is -0.299. The van der Waals surface area contributed by atoms with E-state index < -0.39 is 0 Å². The average molecular weight is 294 g/mol. The number of ether oxygens (including phenoxy) is 1. The molecule has 0 spiro atoms. The summed E-state index contributed by atoms with van der Waals surface area (Å²) in [6, 6.07) is 17.4. The number of hydrazone groups is 1. The van der Waals surface area contributed by atoms with E-state index in [2.05, 4.69) is 10.5 Å². The van der Waals surface area contributed by atoms with E-state index in [0.717, 1.165) is 11.1 Å². The Kier molecular flexibility index (Phi) is 5.93. The fourth-order valence-electron chi connectivity index (χ4n) is 1.76. The number of aryl methyl sites for hydroxylation is 1. The molecule has 0 atom stereocenters. The van der Waals surface area contributed by atoms with Crippen molar-refractivity contribution >= 4 is 18.2 Å². The van der Waals surface area contributed by atoms with Gasteiger partial charge >= 0.3 is 0 Å². The molecule has 0 saturated heterocycles. The summed E-state index contributed by atoms with van der Waals surface area (Å²) in [5.74, 6) is 0.401. The van der Waals surface area contributed by atoms with Crippen LogP contribution in [0.5, 0.6) is 5.75 Å². The minimum Gasteiger partial charge on any atom is -0.483 e. The third kappa shape index (κ3) is 5.25. The number of nitrogens with one attached hydrogen (secondary N) is 1. The van der Waals surface area contributed by atoms with E-state index >= 15 is 0 Å². The Morgan fingerprint density at radius 1 is 1.14 bits per heavy atom. The molecule has 0 radical (unpaired) electrons. The van der Waals surface area contributed by atoms with Gasteiger partial charge in [0.1, 0.15) is 5.75 Å². The van der Waals surface area contributed by atoms with Gasteiger partial charge in [-0.3, -0.25) is 4.79 Å². The Bertz CT molecular complexity index is 664. The molecular weight excluding hydrogens is 276 g/mol. The third-order valence-corrected chi connectivity index (χ3v) is 2.89. The van der Waals surface area contributed by atoms with E-state index in [1.807, 2.05) is 67.6 Å². The van der Waals surface area contributed by atoms with Crippen molar-refractivity contribution in [1.82, 2.24) is 5.43 Å². The van der Waals surface area contributed by atoms with Crippen molar-refractivity contribution < 1.29 is 9.53 Å². The molecule has 2 rings (SSSR count). The van der Waals surface area contributed by atoms with E-state index in [-0.39, 0.29) is 12.5 Å². The molecule has 4 heteroatoms. The zero-order chi connectivity index (χ0) is 15.6. The molecule has 1 N–H and O–H groups in total. The van der Waals surface area contributed by atoms with Crippen LogP contribution in [0.1, 0.15) is 11.1 Å². The molecule has 112 valence electrons. The number of carbonyl (C=O) groups excluding carboxylic acids is 1. The van der Waals surface area contributed by atoms with Gasteiger partial charge in [0, 0.05) is 6.21 Å². The summed E-state index contributed by atoms with van der Waals surface area (Å²) in [4.78, 5) is 11.6. The van der Waals surface area contributed by atoms with E-state index in [9.17, 15) is 4.79 Å². The first-order chi connectivity index (χ1) is 10.8. The Labute approximate surface area is 130 Å². The SMILES string of the molecule is Cc1ccccc1OCC(=O)N/N=C/C=C/c1ccccc1. The minimum absolute atomic E-state index is 0.0649. The second kappa shape index (κ2) is 8.42. The maximum atomic E-state index is 11.6. The monoisotopic (exact) mass is 294 g/mol. The van der Waals surface area contributed by atoms with E-state index in [1.54, 1.807) is 6.08 Å². The zero-order valence-electron chi connectivity index (χ0n) is 12.4. The number of hydrogen-bond acceptors (Lipinski definition) is 3. The van der Waals surface area contributed by atoms with Crippen LogP contribution in [-0.2, 0) is 4.79 Å². The van der Waals surface area contributed by atoms with Crippen molar-refractivity contribution in [1.29, 1.82) is 0 Å². The molecule has 0 aliphatic carbocycles. The Morgan fingerprint density at radius 2 is 1.86 bits per heavy atom. The number of amides is 1. The zero-order valence-corrected chi connectivity index (χ0v) is 12.4. The van der Waals surface area contributed by atoms with Crippen LogP contribution in [0.2, 0.25) is 0 Å². The van der Waals surface area contributed by atoms with Crippen LogP contribution in [0.3, 0.4) is 0 Å². The first-order valence-corrected chi connectivity index (χ1v) is 6.98. The van der Waals surface area contributed by atoms with Crippen LogP contribution < -0.4 is 10.2 Å². The smallest absolute Gasteiger partial charge is 0.277 e. The first-order valence-electron chi connectivity index (χ1n) is 6.98. The summed E-state index contributed by atoms with van der Waals surface area (Å²) in [7, 11) is 0. The Morgan fingerprint density at radius 3 is 2.64 bits per heavy atom. The molecular formula is C18H18N2O2. The summed E-state index contributed by atoms with van der Waals surface area (Å²) in [6.07, 6.45) is 5.19. The van der Waals surface area contributed by atoms with Crippen molar-refractivity contribution in [2.45, 2.75) is 6.92 Å². The van der Waals surface area contributed by atoms with Crippen molar-refractivity contribution in [2.75, 3.05) is 6.61 Å². The van der Waals surface area contributed by atoms with Crippen molar-refractivity contribution in [3.63, 3.8) is 0 Å². The van der Waals surface area contributed by atoms with Crippen LogP contribution in [0.4, 0.5) is 0 Å². The van der Waals surface area contributed by atoms with Gasteiger partial charge in [0.25, 0.3) is 5.91 Å². The van der Waals surface area contributed by atoms with Gasteiger partial charge in [0.2, 0.25) is 0 Å². The van der Waals surface area contributed by atoms with E-state index in [1.165, 1.54) is 6.21 Å². The third-order valence-electron chi connectivity index (χ3n) is 2.89. The highest BCUT2D eigenvalue weighted by Gasteiger charge is 2.02. The van der Waals surface area contributed by atoms with E-state index in [0.29, 0.717) is 5.75 Å². The molecule has 0 bridgehead atoms. The number of carbonyl (C=O) groups is 1. The second-order valence-corrected chi connectivity index (χ2v) is 4.64. The summed E-state index contributed by atoms with van der Waals surface area (Å²) >= 11 is 0. The molecule has 2 aromatic rings. The summed E-state index contributed by atoms with van der Waals surface area (Å²) in [5, 5.41) is 3.83. The normalized spacial score (nSPS) is 11.0. The molecule has 0 aliphatic rings. The number of rotatable bonds is 6. The predicted molar refractivity (Wildman–Crippen MR) is 88.8 cm³/mol. The van der Waals surface area contributed by atoms with Crippen LogP contribution >= 0.6 is 0 Å². The predicted octanol–water partition coefficient (Wildman–Crippen LogP) is 3.19. The number of benzene rings is 2. The second-order valence-electron chi connectivity index (χ2n) is 4.64. The number of allylic oxidation sites excluding steroid dienone is 1. The fourth-order valence-corrected chi connectivity index (χ4v) is 1.76. The summed E-state index contributed by atoms with van der Waals surface area (Å²) in [5.41, 5.74) is 4.48. The molecule has 0 aromatic heterocycles. The number of para-hydroxylation sites is 1. The summed E-state index contributed by atoms with van der Waals surface area (Å²) in [6.45, 7) is 1.87. The topological polar surface area (TPSA) is 50.7 Å². The van der Waals surface area contributed by atoms with Gasteiger partial charge in [-0.05, 0) is 30.2 Å². The van der Waals surface area contributed by atoms with Crippen molar-refractivity contribution in [2.24, 2.45) is 5.10 Å². The lowest BCUT2D eigenvalue weighted by atomic mass is 10.2. The highest BCUT2D eigenvalue weighted by molar-refractivity contribution is 5.81. The number of nitrogens with zero attached hydrogens (tertiary/aromatic N) is 1. The largest absolute Gasteiger partial charge is 0.483 e. The maximum Gasteiger partial charge on any atom is 0.277 e. The number of hydrogen-bond donors (Lipinski definition) is 1. The van der Waals surface area contributed by atoms with Crippen LogP contribution in [0, 0.1) is 6.92 Å². The Hall–Kier alpha value is -2.88. The maximum absolute atomic E-state index is 11.6. The summed E-state index contributed by atoms with van der Waals surface area (Å²) < 4.78 is 5.42.